The van der Waals surface area contributed by atoms with Crippen molar-refractivity contribution in [1.29, 1.82) is 0 Å². The van der Waals surface area contributed by atoms with Crippen molar-refractivity contribution in [3.05, 3.63) is 76.2 Å². The summed E-state index contributed by atoms with van der Waals surface area (Å²) < 4.78 is 0.286. The van der Waals surface area contributed by atoms with E-state index in [4.69, 9.17) is 17.3 Å². The Bertz CT molecular complexity index is 996. The van der Waals surface area contributed by atoms with Gasteiger partial charge in [-0.15, -0.1) is 0 Å². The molecule has 3 rings (SSSR count). The van der Waals surface area contributed by atoms with Crippen molar-refractivity contribution in [2.45, 2.75) is 6.92 Å². The van der Waals surface area contributed by atoms with E-state index in [2.05, 4.69) is 0 Å². The van der Waals surface area contributed by atoms with Crippen molar-refractivity contribution >= 4 is 51.9 Å². The summed E-state index contributed by atoms with van der Waals surface area (Å²) in [6, 6.07) is 13.4. The fourth-order valence-electron chi connectivity index (χ4n) is 2.58. The summed E-state index contributed by atoms with van der Waals surface area (Å²) in [5.41, 5.74) is 1.76. The molecule has 1 saturated heterocycles. The Morgan fingerprint density at radius 1 is 1.22 bits per heavy atom. The lowest BCUT2D eigenvalue weighted by atomic mass is 10.1. The third kappa shape index (κ3) is 4.10. The fourth-order valence-corrected chi connectivity index (χ4v) is 3.92. The largest absolute Gasteiger partial charge is 0.872 e. The van der Waals surface area contributed by atoms with Crippen LogP contribution in [0.15, 0.2) is 65.1 Å². The minimum Gasteiger partial charge on any atom is -0.872 e. The molecule has 0 bridgehead atoms. The highest BCUT2D eigenvalue weighted by molar-refractivity contribution is 8.27. The molecule has 27 heavy (non-hydrogen) atoms. The Labute approximate surface area is 165 Å². The zero-order valence-electron chi connectivity index (χ0n) is 14.2. The number of benzene rings is 2. The maximum Gasteiger partial charge on any atom is 0.335 e. The van der Waals surface area contributed by atoms with Crippen LogP contribution in [0.3, 0.4) is 0 Å². The molecule has 1 N–H and O–H groups in total. The minimum absolute atomic E-state index is 0.266. The summed E-state index contributed by atoms with van der Waals surface area (Å²) in [7, 11) is 0. The van der Waals surface area contributed by atoms with Gasteiger partial charge in [-0.05, 0) is 36.3 Å². The molecule has 1 aliphatic heterocycles. The molecule has 2 aromatic rings. The first-order chi connectivity index (χ1) is 12.9. The summed E-state index contributed by atoms with van der Waals surface area (Å²) in [5, 5.41) is 20.7. The molecule has 1 aliphatic rings. The Morgan fingerprint density at radius 2 is 1.93 bits per heavy atom. The van der Waals surface area contributed by atoms with Gasteiger partial charge in [0.1, 0.15) is 0 Å². The van der Waals surface area contributed by atoms with Crippen LogP contribution in [0.25, 0.3) is 6.08 Å². The third-order valence-electron chi connectivity index (χ3n) is 3.80. The van der Waals surface area contributed by atoms with Gasteiger partial charge >= 0.3 is 5.97 Å². The molecular weight excluding hydrogens is 382 g/mol. The number of hydrogen-bond donors (Lipinski definition) is 1. The number of hydrogen-bond acceptors (Lipinski definition) is 5. The fraction of sp³-hybridized carbons (Fsp3) is 0.0500. The molecular formula is C20H14NO4S2-. The molecule has 7 heteroatoms. The highest BCUT2D eigenvalue weighted by Gasteiger charge is 2.33. The van der Waals surface area contributed by atoms with Crippen molar-refractivity contribution in [3.63, 3.8) is 0 Å². The molecule has 0 aliphatic carbocycles. The number of carboxylic acid groups (broad SMARTS) is 1. The van der Waals surface area contributed by atoms with Crippen LogP contribution in [0.1, 0.15) is 22.8 Å². The smallest absolute Gasteiger partial charge is 0.335 e. The second-order valence-electron chi connectivity index (χ2n) is 5.80. The van der Waals surface area contributed by atoms with E-state index in [0.29, 0.717) is 4.91 Å². The Morgan fingerprint density at radius 3 is 2.59 bits per heavy atom. The van der Waals surface area contributed by atoms with E-state index >= 15 is 0 Å². The minimum atomic E-state index is -1.34. The van der Waals surface area contributed by atoms with Crippen LogP contribution in [0, 0.1) is 0 Å². The molecule has 0 aromatic heterocycles. The van der Waals surface area contributed by atoms with E-state index in [1.54, 1.807) is 6.08 Å². The zero-order chi connectivity index (χ0) is 19.6. The van der Waals surface area contributed by atoms with Crippen molar-refractivity contribution in [3.8, 4) is 5.75 Å². The number of thioether (sulfide) groups is 1. The highest BCUT2D eigenvalue weighted by Crippen LogP contribution is 2.36. The number of carboxylic acids is 1. The lowest BCUT2D eigenvalue weighted by molar-refractivity contribution is -0.268. The first-order valence-corrected chi connectivity index (χ1v) is 9.15. The molecule has 0 spiro atoms. The normalized spacial score (nSPS) is 16.3. The number of anilines is 1. The second-order valence-corrected chi connectivity index (χ2v) is 7.48. The monoisotopic (exact) mass is 396 g/mol. The number of carbonyl (C=O) groups is 2. The number of aromatic carboxylic acids is 1. The van der Waals surface area contributed by atoms with Crippen molar-refractivity contribution in [2.75, 3.05) is 4.90 Å². The second kappa shape index (κ2) is 7.77. The zero-order valence-corrected chi connectivity index (χ0v) is 15.8. The average Bonchev–Trinajstić information content (AvgIpc) is 2.89. The third-order valence-corrected chi connectivity index (χ3v) is 5.10. The Hall–Kier alpha value is -2.90. The van der Waals surface area contributed by atoms with Crippen LogP contribution in [0.5, 0.6) is 5.75 Å². The molecule has 0 saturated carbocycles. The van der Waals surface area contributed by atoms with Gasteiger partial charge in [0.2, 0.25) is 0 Å². The van der Waals surface area contributed by atoms with Crippen LogP contribution in [-0.2, 0) is 4.79 Å². The quantitative estimate of drug-likeness (QED) is 0.625. The summed E-state index contributed by atoms with van der Waals surface area (Å²) >= 11 is 6.42. The summed E-state index contributed by atoms with van der Waals surface area (Å²) in [5.74, 6) is -2.31. The van der Waals surface area contributed by atoms with Gasteiger partial charge in [-0.1, -0.05) is 72.2 Å². The van der Waals surface area contributed by atoms with E-state index in [9.17, 15) is 14.7 Å². The highest BCUT2D eigenvalue weighted by atomic mass is 32.2. The molecule has 1 fully saturated rings. The van der Waals surface area contributed by atoms with Gasteiger partial charge in [0.15, 0.2) is 4.32 Å². The van der Waals surface area contributed by atoms with Gasteiger partial charge < -0.3 is 10.2 Å². The number of nitrogens with zero attached hydrogens (tertiary/aromatic N) is 1. The van der Waals surface area contributed by atoms with Crippen molar-refractivity contribution in [1.82, 2.24) is 0 Å². The lowest BCUT2D eigenvalue weighted by Crippen LogP contribution is -2.27. The number of rotatable bonds is 4. The SMILES string of the molecule is CC(/C=C1\SC(=S)N(c2ccc([O-])c(C(=O)O)c2)C1=O)=C\c1ccccc1. The van der Waals surface area contributed by atoms with Crippen molar-refractivity contribution in [2.24, 2.45) is 0 Å². The molecule has 0 atom stereocenters. The standard InChI is InChI=1S/C20H15NO4S2/c1-12(9-13-5-3-2-4-6-13)10-17-18(23)21(20(26)27-17)14-7-8-16(22)15(11-14)19(24)25/h2-11,22H,1H3,(H,24,25)/p-1/b12-9+,17-10-. The number of allylic oxidation sites excluding steroid dienone is 2. The summed E-state index contributed by atoms with van der Waals surface area (Å²) in [4.78, 5) is 25.6. The van der Waals surface area contributed by atoms with E-state index < -0.39 is 17.3 Å². The van der Waals surface area contributed by atoms with Gasteiger partial charge in [-0.25, -0.2) is 4.79 Å². The topological polar surface area (TPSA) is 80.7 Å². The number of carbonyl (C=O) groups excluding carboxylic acids is 1. The van der Waals surface area contributed by atoms with Crippen LogP contribution in [0.2, 0.25) is 0 Å². The van der Waals surface area contributed by atoms with Gasteiger partial charge in [-0.2, -0.15) is 0 Å². The predicted octanol–water partition coefficient (Wildman–Crippen LogP) is 3.81. The van der Waals surface area contributed by atoms with Gasteiger partial charge in [0.05, 0.1) is 16.2 Å². The average molecular weight is 396 g/mol. The van der Waals surface area contributed by atoms with Gasteiger partial charge in [0.25, 0.3) is 5.91 Å². The molecule has 1 heterocycles. The molecule has 136 valence electrons. The Kier molecular flexibility index (Phi) is 5.43. The maximum atomic E-state index is 12.8. The van der Waals surface area contributed by atoms with E-state index in [-0.39, 0.29) is 15.9 Å². The molecule has 0 unspecified atom stereocenters. The maximum absolute atomic E-state index is 12.8. The number of amides is 1. The molecule has 1 amide bonds. The molecule has 2 aromatic carbocycles. The summed E-state index contributed by atoms with van der Waals surface area (Å²) in [6.45, 7) is 1.88. The van der Waals surface area contributed by atoms with E-state index in [1.165, 1.54) is 17.0 Å². The predicted molar refractivity (Wildman–Crippen MR) is 109 cm³/mol. The first kappa shape index (κ1) is 18.9. The summed E-state index contributed by atoms with van der Waals surface area (Å²) in [6.07, 6.45) is 3.69. The van der Waals surface area contributed by atoms with Crippen LogP contribution in [0.4, 0.5) is 5.69 Å². The van der Waals surface area contributed by atoms with Gasteiger partial charge in [-0.3, -0.25) is 9.69 Å². The Balaban J connectivity index is 1.90. The lowest BCUT2D eigenvalue weighted by Gasteiger charge is -2.18. The van der Waals surface area contributed by atoms with Crippen LogP contribution < -0.4 is 10.0 Å². The van der Waals surface area contributed by atoms with E-state index in [0.717, 1.165) is 29.0 Å². The van der Waals surface area contributed by atoms with E-state index in [1.807, 2.05) is 43.3 Å². The molecule has 5 nitrogen and oxygen atoms in total. The van der Waals surface area contributed by atoms with Crippen LogP contribution >= 0.6 is 24.0 Å². The number of thiocarbonyl (C=S) groups is 1. The van der Waals surface area contributed by atoms with Crippen LogP contribution in [-0.4, -0.2) is 21.3 Å². The molecule has 0 radical (unpaired) electrons. The first-order valence-electron chi connectivity index (χ1n) is 7.92. The van der Waals surface area contributed by atoms with Gasteiger partial charge in [0, 0.05) is 0 Å². The van der Waals surface area contributed by atoms with Crippen molar-refractivity contribution < 1.29 is 19.8 Å².